The van der Waals surface area contributed by atoms with Gasteiger partial charge in [0.1, 0.15) is 17.2 Å². The molecule has 0 spiro atoms. The van der Waals surface area contributed by atoms with E-state index in [9.17, 15) is 9.18 Å². The fraction of sp³-hybridized carbons (Fsp3) is 0.176. The second kappa shape index (κ2) is 6.08. The number of hydrogen-bond acceptors (Lipinski definition) is 3. The molecule has 2 aromatic rings. The molecule has 0 saturated carbocycles. The van der Waals surface area contributed by atoms with Crippen molar-refractivity contribution >= 4 is 11.5 Å². The van der Waals surface area contributed by atoms with Gasteiger partial charge in [0.15, 0.2) is 0 Å². The van der Waals surface area contributed by atoms with Crippen LogP contribution in [0.3, 0.4) is 0 Å². The van der Waals surface area contributed by atoms with Gasteiger partial charge in [-0.2, -0.15) is 5.10 Å². The van der Waals surface area contributed by atoms with Crippen molar-refractivity contribution in [1.82, 2.24) is 15.1 Å². The van der Waals surface area contributed by atoms with Crippen LogP contribution in [0, 0.1) is 5.82 Å². The number of benzene rings is 1. The minimum Gasteiger partial charge on any atom is -0.405 e. The number of nitrogens with one attached hydrogen (secondary N) is 1. The summed E-state index contributed by atoms with van der Waals surface area (Å²) in [5.74, 6) is -0.567. The predicted octanol–water partition coefficient (Wildman–Crippen LogP) is 2.31. The summed E-state index contributed by atoms with van der Waals surface area (Å²) in [5.41, 5.74) is 8.58. The van der Waals surface area contributed by atoms with Crippen LogP contribution in [0.15, 0.2) is 42.6 Å². The number of nitrogens with zero attached hydrogens (tertiary/aromatic N) is 2. The molecule has 0 bridgehead atoms. The number of rotatable bonds is 3. The van der Waals surface area contributed by atoms with Gasteiger partial charge >= 0.3 is 0 Å². The van der Waals surface area contributed by atoms with E-state index >= 15 is 0 Å². The van der Waals surface area contributed by atoms with E-state index in [1.54, 1.807) is 22.9 Å². The van der Waals surface area contributed by atoms with Crippen molar-refractivity contribution in [3.05, 3.63) is 59.8 Å². The molecule has 0 fully saturated rings. The number of nitrogens with two attached hydrogens (primary N) is 1. The van der Waals surface area contributed by atoms with Crippen LogP contribution in [-0.2, 0) is 6.54 Å². The molecular weight excluding hydrogens is 295 g/mol. The Morgan fingerprint density at radius 3 is 3.00 bits per heavy atom. The van der Waals surface area contributed by atoms with Crippen LogP contribution < -0.4 is 11.1 Å². The monoisotopic (exact) mass is 312 g/mol. The maximum absolute atomic E-state index is 13.7. The summed E-state index contributed by atoms with van der Waals surface area (Å²) in [6, 6.07) is 6.16. The molecule has 0 aliphatic carbocycles. The molecule has 2 heterocycles. The molecule has 1 aliphatic heterocycles. The Bertz CT molecular complexity index is 820. The van der Waals surface area contributed by atoms with Gasteiger partial charge in [-0.3, -0.25) is 9.48 Å². The summed E-state index contributed by atoms with van der Waals surface area (Å²) in [5, 5.41) is 7.36. The van der Waals surface area contributed by atoms with Crippen LogP contribution in [0.1, 0.15) is 23.1 Å². The molecule has 0 atom stereocenters. The van der Waals surface area contributed by atoms with Crippen molar-refractivity contribution in [3.8, 4) is 11.1 Å². The van der Waals surface area contributed by atoms with Gasteiger partial charge in [0.05, 0.1) is 6.54 Å². The summed E-state index contributed by atoms with van der Waals surface area (Å²) in [4.78, 5) is 12.3. The van der Waals surface area contributed by atoms with Crippen LogP contribution >= 0.6 is 0 Å². The van der Waals surface area contributed by atoms with Crippen molar-refractivity contribution in [1.29, 1.82) is 0 Å². The first-order chi connectivity index (χ1) is 11.2. The number of aromatic nitrogens is 2. The number of carbonyl (C=O) groups excluding carboxylic acids is 1. The molecule has 1 aromatic carbocycles. The molecule has 0 radical (unpaired) electrons. The summed E-state index contributed by atoms with van der Waals surface area (Å²) < 4.78 is 15.3. The predicted molar refractivity (Wildman–Crippen MR) is 86.9 cm³/mol. The second-order valence-electron chi connectivity index (χ2n) is 5.16. The zero-order chi connectivity index (χ0) is 16.4. The molecule has 0 saturated heterocycles. The van der Waals surface area contributed by atoms with E-state index in [1.165, 1.54) is 18.3 Å². The third kappa shape index (κ3) is 2.63. The lowest BCUT2D eigenvalue weighted by Gasteiger charge is -2.15. The summed E-state index contributed by atoms with van der Waals surface area (Å²) in [6.07, 6.45) is 5.00. The SMILES string of the molecule is C/C=C(\C=C/N)c1nn2c(c1-c1cccc(F)c1)C(=O)NCC2. The lowest BCUT2D eigenvalue weighted by molar-refractivity contribution is 0.0925. The lowest BCUT2D eigenvalue weighted by atomic mass is 9.97. The molecule has 1 aliphatic rings. The molecule has 118 valence electrons. The van der Waals surface area contributed by atoms with Crippen molar-refractivity contribution in [2.45, 2.75) is 13.5 Å². The number of hydrogen-bond donors (Lipinski definition) is 2. The highest BCUT2D eigenvalue weighted by molar-refractivity contribution is 6.03. The van der Waals surface area contributed by atoms with E-state index in [4.69, 9.17) is 5.73 Å². The number of carbonyl (C=O) groups is 1. The highest BCUT2D eigenvalue weighted by atomic mass is 19.1. The minimum absolute atomic E-state index is 0.207. The van der Waals surface area contributed by atoms with Crippen molar-refractivity contribution < 1.29 is 9.18 Å². The maximum atomic E-state index is 13.7. The topological polar surface area (TPSA) is 72.9 Å². The van der Waals surface area contributed by atoms with E-state index in [2.05, 4.69) is 10.4 Å². The summed E-state index contributed by atoms with van der Waals surface area (Å²) >= 11 is 0. The molecule has 1 amide bonds. The highest BCUT2D eigenvalue weighted by Crippen LogP contribution is 2.33. The molecular formula is C17H17FN4O. The van der Waals surface area contributed by atoms with E-state index in [-0.39, 0.29) is 11.7 Å². The molecule has 1 aromatic heterocycles. The number of allylic oxidation sites excluding steroid dienone is 3. The van der Waals surface area contributed by atoms with Gasteiger partial charge < -0.3 is 11.1 Å². The fourth-order valence-corrected chi connectivity index (χ4v) is 2.75. The van der Waals surface area contributed by atoms with Gasteiger partial charge in [-0.05, 0) is 42.5 Å². The van der Waals surface area contributed by atoms with Crippen LogP contribution in [-0.4, -0.2) is 22.2 Å². The number of fused-ring (bicyclic) bond motifs is 1. The minimum atomic E-state index is -0.360. The Kier molecular flexibility index (Phi) is 3.97. The normalized spacial score (nSPS) is 14.9. The molecule has 5 nitrogen and oxygen atoms in total. The molecule has 0 unspecified atom stereocenters. The van der Waals surface area contributed by atoms with E-state index < -0.39 is 0 Å². The maximum Gasteiger partial charge on any atom is 0.270 e. The van der Waals surface area contributed by atoms with E-state index in [0.717, 1.165) is 5.57 Å². The summed E-state index contributed by atoms with van der Waals surface area (Å²) in [7, 11) is 0. The van der Waals surface area contributed by atoms with Gasteiger partial charge in [0, 0.05) is 12.1 Å². The Morgan fingerprint density at radius 2 is 2.30 bits per heavy atom. The smallest absolute Gasteiger partial charge is 0.270 e. The first-order valence-electron chi connectivity index (χ1n) is 7.35. The lowest BCUT2D eigenvalue weighted by Crippen LogP contribution is -2.35. The van der Waals surface area contributed by atoms with Crippen molar-refractivity contribution in [2.75, 3.05) is 6.54 Å². The van der Waals surface area contributed by atoms with Gasteiger partial charge in [-0.25, -0.2) is 4.39 Å². The van der Waals surface area contributed by atoms with Crippen LogP contribution in [0.4, 0.5) is 4.39 Å². The number of halogens is 1. The van der Waals surface area contributed by atoms with Gasteiger partial charge in [0.2, 0.25) is 0 Å². The average Bonchev–Trinajstić information content (AvgIpc) is 2.93. The highest BCUT2D eigenvalue weighted by Gasteiger charge is 2.28. The third-order valence-corrected chi connectivity index (χ3v) is 3.75. The van der Waals surface area contributed by atoms with E-state index in [0.29, 0.717) is 35.6 Å². The Balaban J connectivity index is 2.30. The van der Waals surface area contributed by atoms with Gasteiger partial charge in [-0.1, -0.05) is 18.2 Å². The Hall–Kier alpha value is -2.89. The fourth-order valence-electron chi connectivity index (χ4n) is 2.75. The zero-order valence-electron chi connectivity index (χ0n) is 12.7. The second-order valence-corrected chi connectivity index (χ2v) is 5.16. The average molecular weight is 312 g/mol. The number of amides is 1. The van der Waals surface area contributed by atoms with Crippen molar-refractivity contribution in [3.63, 3.8) is 0 Å². The van der Waals surface area contributed by atoms with Crippen molar-refractivity contribution in [2.24, 2.45) is 5.73 Å². The van der Waals surface area contributed by atoms with Gasteiger partial charge in [-0.15, -0.1) is 0 Å². The largest absolute Gasteiger partial charge is 0.405 e. The molecule has 6 heteroatoms. The molecule has 23 heavy (non-hydrogen) atoms. The quantitative estimate of drug-likeness (QED) is 0.854. The zero-order valence-corrected chi connectivity index (χ0v) is 12.7. The first-order valence-corrected chi connectivity index (χ1v) is 7.35. The van der Waals surface area contributed by atoms with Gasteiger partial charge in [0.25, 0.3) is 5.91 Å². The standard InChI is InChI=1S/C17H17FN4O/c1-2-11(6-7-19)15-14(12-4-3-5-13(18)10-12)16-17(23)20-8-9-22(16)21-15/h2-7,10H,8-9,19H2,1H3,(H,20,23)/b7-6-,11-2+. The van der Waals surface area contributed by atoms with Crippen LogP contribution in [0.25, 0.3) is 16.7 Å². The van der Waals surface area contributed by atoms with E-state index in [1.807, 2.05) is 13.0 Å². The third-order valence-electron chi connectivity index (χ3n) is 3.75. The van der Waals surface area contributed by atoms with Crippen LogP contribution in [0.2, 0.25) is 0 Å². The molecule has 3 rings (SSSR count). The Morgan fingerprint density at radius 1 is 1.48 bits per heavy atom. The van der Waals surface area contributed by atoms with Crippen LogP contribution in [0.5, 0.6) is 0 Å². The molecule has 3 N–H and O–H groups in total. The first kappa shape index (κ1) is 15.0. The summed E-state index contributed by atoms with van der Waals surface area (Å²) in [6.45, 7) is 2.96. The Labute approximate surface area is 133 Å².